The molecule has 3 rings (SSSR count). The highest BCUT2D eigenvalue weighted by Crippen LogP contribution is 2.21. The molecule has 0 saturated carbocycles. The fourth-order valence-corrected chi connectivity index (χ4v) is 3.12. The Morgan fingerprint density at radius 1 is 1.32 bits per heavy atom. The first-order chi connectivity index (χ1) is 10.7. The Balaban J connectivity index is 1.40. The third-order valence-corrected chi connectivity index (χ3v) is 4.45. The van der Waals surface area contributed by atoms with Gasteiger partial charge in [-0.2, -0.15) is 4.98 Å². The zero-order chi connectivity index (χ0) is 15.4. The maximum absolute atomic E-state index is 12.3. The van der Waals surface area contributed by atoms with Gasteiger partial charge < -0.3 is 14.2 Å². The molecule has 2 fully saturated rings. The van der Waals surface area contributed by atoms with E-state index in [9.17, 15) is 4.79 Å². The van der Waals surface area contributed by atoms with Gasteiger partial charge in [-0.3, -0.25) is 9.69 Å². The minimum absolute atomic E-state index is 0.250. The molecule has 1 amide bonds. The summed E-state index contributed by atoms with van der Waals surface area (Å²) in [4.78, 5) is 20.8. The molecule has 3 heterocycles. The highest BCUT2D eigenvalue weighted by Gasteiger charge is 2.27. The van der Waals surface area contributed by atoms with E-state index in [1.165, 1.54) is 0 Å². The van der Waals surface area contributed by atoms with Crippen molar-refractivity contribution in [3.05, 3.63) is 11.7 Å². The first-order valence-electron chi connectivity index (χ1n) is 8.08. The van der Waals surface area contributed by atoms with Gasteiger partial charge >= 0.3 is 0 Å². The number of carbonyl (C=O) groups excluding carboxylic acids is 1. The maximum atomic E-state index is 12.3. The van der Waals surface area contributed by atoms with Gasteiger partial charge in [0.15, 0.2) is 5.82 Å². The zero-order valence-corrected chi connectivity index (χ0v) is 13.2. The van der Waals surface area contributed by atoms with E-state index in [1.807, 2.05) is 4.90 Å². The third-order valence-electron chi connectivity index (χ3n) is 4.45. The van der Waals surface area contributed by atoms with Crippen molar-refractivity contribution in [2.45, 2.75) is 26.2 Å². The number of hydrogen-bond donors (Lipinski definition) is 0. The van der Waals surface area contributed by atoms with Crippen molar-refractivity contribution in [3.63, 3.8) is 0 Å². The van der Waals surface area contributed by atoms with Gasteiger partial charge in [-0.15, -0.1) is 0 Å². The lowest BCUT2D eigenvalue weighted by Crippen LogP contribution is -2.44. The molecule has 7 nitrogen and oxygen atoms in total. The monoisotopic (exact) mass is 308 g/mol. The Kier molecular flexibility index (Phi) is 5.04. The van der Waals surface area contributed by atoms with E-state index in [4.69, 9.17) is 9.26 Å². The molecule has 7 heteroatoms. The van der Waals surface area contributed by atoms with Crippen molar-refractivity contribution in [3.8, 4) is 0 Å². The van der Waals surface area contributed by atoms with E-state index in [2.05, 4.69) is 15.0 Å². The van der Waals surface area contributed by atoms with Crippen LogP contribution in [0.25, 0.3) is 0 Å². The standard InChI is InChI=1S/C15H24N4O3/c1-12-16-14(17-22-12)3-2-13-4-5-19(10-13)15(20)11-18-6-8-21-9-7-18/h13H,2-11H2,1H3. The first kappa shape index (κ1) is 15.4. The number of aromatic nitrogens is 2. The van der Waals surface area contributed by atoms with E-state index < -0.39 is 0 Å². The lowest BCUT2D eigenvalue weighted by Gasteiger charge is -2.28. The summed E-state index contributed by atoms with van der Waals surface area (Å²) >= 11 is 0. The summed E-state index contributed by atoms with van der Waals surface area (Å²) in [6.45, 7) is 7.26. The molecule has 0 radical (unpaired) electrons. The second-order valence-electron chi connectivity index (χ2n) is 6.15. The van der Waals surface area contributed by atoms with Crippen molar-refractivity contribution in [1.82, 2.24) is 19.9 Å². The highest BCUT2D eigenvalue weighted by atomic mass is 16.5. The molecule has 22 heavy (non-hydrogen) atoms. The number of hydrogen-bond acceptors (Lipinski definition) is 6. The molecule has 1 unspecified atom stereocenters. The summed E-state index contributed by atoms with van der Waals surface area (Å²) in [6.07, 6.45) is 2.92. The van der Waals surface area contributed by atoms with Crippen LogP contribution in [0.4, 0.5) is 0 Å². The summed E-state index contributed by atoms with van der Waals surface area (Å²) in [7, 11) is 0. The topological polar surface area (TPSA) is 71.7 Å². The normalized spacial score (nSPS) is 23.1. The summed E-state index contributed by atoms with van der Waals surface area (Å²) < 4.78 is 10.3. The number of morpholine rings is 1. The molecule has 2 aliphatic heterocycles. The van der Waals surface area contributed by atoms with Crippen molar-refractivity contribution in [2.24, 2.45) is 5.92 Å². The second kappa shape index (κ2) is 7.19. The van der Waals surface area contributed by atoms with Crippen molar-refractivity contribution in [1.29, 1.82) is 0 Å². The third kappa shape index (κ3) is 4.04. The van der Waals surface area contributed by atoms with Crippen LogP contribution in [-0.2, 0) is 16.0 Å². The van der Waals surface area contributed by atoms with Crippen molar-refractivity contribution < 1.29 is 14.1 Å². The van der Waals surface area contributed by atoms with E-state index in [-0.39, 0.29) is 5.91 Å². The quantitative estimate of drug-likeness (QED) is 0.788. The van der Waals surface area contributed by atoms with Crippen molar-refractivity contribution in [2.75, 3.05) is 45.9 Å². The molecule has 1 aromatic heterocycles. The van der Waals surface area contributed by atoms with Gasteiger partial charge in [0.05, 0.1) is 19.8 Å². The molecule has 2 aliphatic rings. The van der Waals surface area contributed by atoms with Crippen LogP contribution in [0.1, 0.15) is 24.6 Å². The highest BCUT2D eigenvalue weighted by molar-refractivity contribution is 5.78. The van der Waals surface area contributed by atoms with Crippen LogP contribution in [0, 0.1) is 12.8 Å². The fraction of sp³-hybridized carbons (Fsp3) is 0.800. The molecule has 0 spiro atoms. The Bertz CT molecular complexity index is 499. The predicted molar refractivity (Wildman–Crippen MR) is 79.3 cm³/mol. The van der Waals surface area contributed by atoms with Crippen LogP contribution < -0.4 is 0 Å². The fourth-order valence-electron chi connectivity index (χ4n) is 3.12. The number of ether oxygens (including phenoxy) is 1. The summed E-state index contributed by atoms with van der Waals surface area (Å²) in [5, 5.41) is 3.92. The molecule has 0 N–H and O–H groups in total. The molecule has 0 aliphatic carbocycles. The smallest absolute Gasteiger partial charge is 0.236 e. The number of amides is 1. The Morgan fingerprint density at radius 3 is 2.86 bits per heavy atom. The van der Waals surface area contributed by atoms with E-state index >= 15 is 0 Å². The lowest BCUT2D eigenvalue weighted by atomic mass is 10.0. The van der Waals surface area contributed by atoms with Crippen LogP contribution in [0.3, 0.4) is 0 Å². The van der Waals surface area contributed by atoms with E-state index in [0.29, 0.717) is 18.4 Å². The number of aryl methyl sites for hydroxylation is 2. The maximum Gasteiger partial charge on any atom is 0.236 e. The minimum Gasteiger partial charge on any atom is -0.379 e. The number of carbonyl (C=O) groups is 1. The number of nitrogens with zero attached hydrogens (tertiary/aromatic N) is 4. The van der Waals surface area contributed by atoms with Gasteiger partial charge in [0, 0.05) is 39.5 Å². The van der Waals surface area contributed by atoms with Crippen LogP contribution in [-0.4, -0.2) is 71.8 Å². The molecule has 1 atom stereocenters. The Morgan fingerprint density at radius 2 is 2.14 bits per heavy atom. The molecular weight excluding hydrogens is 284 g/mol. The van der Waals surface area contributed by atoms with Crippen LogP contribution in [0.5, 0.6) is 0 Å². The van der Waals surface area contributed by atoms with E-state index in [0.717, 1.165) is 64.5 Å². The average Bonchev–Trinajstić information content (AvgIpc) is 3.15. The van der Waals surface area contributed by atoms with Gasteiger partial charge in [0.1, 0.15) is 0 Å². The largest absolute Gasteiger partial charge is 0.379 e. The number of likely N-dealkylation sites (tertiary alicyclic amines) is 1. The van der Waals surface area contributed by atoms with Gasteiger partial charge in [0.25, 0.3) is 0 Å². The van der Waals surface area contributed by atoms with Gasteiger partial charge in [-0.1, -0.05) is 5.16 Å². The second-order valence-corrected chi connectivity index (χ2v) is 6.15. The summed E-state index contributed by atoms with van der Waals surface area (Å²) in [5.74, 6) is 2.19. The summed E-state index contributed by atoms with van der Waals surface area (Å²) in [5.41, 5.74) is 0. The first-order valence-corrected chi connectivity index (χ1v) is 8.08. The SMILES string of the molecule is Cc1nc(CCC2CCN(C(=O)CN3CCOCC3)C2)no1. The molecule has 0 bridgehead atoms. The predicted octanol–water partition coefficient (Wildman–Crippen LogP) is 0.491. The molecule has 0 aromatic carbocycles. The summed E-state index contributed by atoms with van der Waals surface area (Å²) in [6, 6.07) is 0. The molecule has 1 aromatic rings. The van der Waals surface area contributed by atoms with Crippen LogP contribution in [0.2, 0.25) is 0 Å². The molecular formula is C15H24N4O3. The van der Waals surface area contributed by atoms with Crippen molar-refractivity contribution >= 4 is 5.91 Å². The molecule has 2 saturated heterocycles. The lowest BCUT2D eigenvalue weighted by molar-refractivity contribution is -0.132. The van der Waals surface area contributed by atoms with Gasteiger partial charge in [-0.25, -0.2) is 0 Å². The van der Waals surface area contributed by atoms with Gasteiger partial charge in [0.2, 0.25) is 11.8 Å². The van der Waals surface area contributed by atoms with Gasteiger partial charge in [-0.05, 0) is 18.8 Å². The number of rotatable bonds is 5. The Hall–Kier alpha value is -1.47. The van der Waals surface area contributed by atoms with Crippen LogP contribution >= 0.6 is 0 Å². The Labute approximate surface area is 130 Å². The molecule has 122 valence electrons. The van der Waals surface area contributed by atoms with Crippen LogP contribution in [0.15, 0.2) is 4.52 Å². The minimum atomic E-state index is 0.250. The average molecular weight is 308 g/mol. The zero-order valence-electron chi connectivity index (χ0n) is 13.2. The van der Waals surface area contributed by atoms with E-state index in [1.54, 1.807) is 6.92 Å².